The summed E-state index contributed by atoms with van der Waals surface area (Å²) in [6.07, 6.45) is 1.85. The summed E-state index contributed by atoms with van der Waals surface area (Å²) in [4.78, 5) is 7.96. The summed E-state index contributed by atoms with van der Waals surface area (Å²) in [5, 5.41) is 31.3. The van der Waals surface area contributed by atoms with Crippen LogP contribution in [0.4, 0.5) is 5.82 Å². The highest BCUT2D eigenvalue weighted by Gasteiger charge is 2.59. The number of nitrogens with zero attached hydrogens (tertiary/aromatic N) is 3. The van der Waals surface area contributed by atoms with Crippen molar-refractivity contribution < 1.29 is 20.1 Å². The number of aliphatic hydroxyl groups excluding tert-OH is 1. The molecule has 2 aromatic heterocycles. The molecule has 1 saturated heterocycles. The molecule has 1 aliphatic rings. The van der Waals surface area contributed by atoms with Crippen molar-refractivity contribution in [2.24, 2.45) is 0 Å². The summed E-state index contributed by atoms with van der Waals surface area (Å²) >= 11 is 0. The topological polar surface area (TPSA) is 127 Å². The molecule has 1 aliphatic heterocycles. The van der Waals surface area contributed by atoms with Crippen LogP contribution in [0.1, 0.15) is 6.92 Å². The Morgan fingerprint density at radius 1 is 1.50 bits per heavy atom. The number of anilines is 1. The summed E-state index contributed by atoms with van der Waals surface area (Å²) in [6, 6.07) is 1.64. The van der Waals surface area contributed by atoms with E-state index < -0.39 is 24.0 Å². The maximum absolute atomic E-state index is 11.0. The van der Waals surface area contributed by atoms with Crippen molar-refractivity contribution in [3.8, 4) is 0 Å². The lowest BCUT2D eigenvalue weighted by Crippen LogP contribution is -2.57. The Hall–Kier alpha value is -1.74. The Kier molecular flexibility index (Phi) is 2.73. The van der Waals surface area contributed by atoms with Gasteiger partial charge in [-0.25, -0.2) is 9.97 Å². The Morgan fingerprint density at radius 3 is 2.95 bits per heavy atom. The lowest BCUT2D eigenvalue weighted by atomic mass is 9.91. The molecule has 2 aromatic rings. The van der Waals surface area contributed by atoms with E-state index >= 15 is 0 Å². The standard InChI is InChI=1S/C12H16N4O4/c1-11(18)5-20-8(4-17)12(11,19)16-3-2-7-9(13)14-6-15-10(7)16/h2-3,6,8,17-19H,4-5H2,1H3,(H2,13,14,15)/t8-,11+,12-/m1/s1. The van der Waals surface area contributed by atoms with Gasteiger partial charge in [-0.05, 0) is 13.0 Å². The van der Waals surface area contributed by atoms with E-state index in [0.29, 0.717) is 11.0 Å². The zero-order chi connectivity index (χ0) is 14.5. The minimum Gasteiger partial charge on any atom is -0.393 e. The molecular formula is C12H16N4O4. The zero-order valence-corrected chi connectivity index (χ0v) is 10.9. The van der Waals surface area contributed by atoms with Crippen molar-refractivity contribution >= 4 is 16.9 Å². The van der Waals surface area contributed by atoms with Crippen LogP contribution in [0.5, 0.6) is 0 Å². The number of ether oxygens (including phenoxy) is 1. The second-order valence-corrected chi connectivity index (χ2v) is 5.16. The van der Waals surface area contributed by atoms with Gasteiger partial charge in [-0.2, -0.15) is 0 Å². The van der Waals surface area contributed by atoms with Gasteiger partial charge in [-0.3, -0.25) is 4.57 Å². The number of aliphatic hydroxyl groups is 3. The Balaban J connectivity index is 2.25. The SMILES string of the molecule is C[C@]1(O)CO[C@H](CO)[C@]1(O)n1ccc2c(N)ncnc21. The number of nitrogen functional groups attached to an aromatic ring is 1. The molecule has 0 bridgehead atoms. The van der Waals surface area contributed by atoms with Crippen molar-refractivity contribution in [1.29, 1.82) is 0 Å². The monoisotopic (exact) mass is 280 g/mol. The van der Waals surface area contributed by atoms with Crippen molar-refractivity contribution in [2.45, 2.75) is 24.4 Å². The molecule has 0 unspecified atom stereocenters. The van der Waals surface area contributed by atoms with Crippen molar-refractivity contribution in [3.05, 3.63) is 18.6 Å². The van der Waals surface area contributed by atoms with E-state index in [9.17, 15) is 15.3 Å². The molecule has 8 heteroatoms. The van der Waals surface area contributed by atoms with Crippen LogP contribution >= 0.6 is 0 Å². The normalized spacial score (nSPS) is 33.9. The van der Waals surface area contributed by atoms with E-state index in [1.54, 1.807) is 12.3 Å². The molecule has 3 atom stereocenters. The molecule has 5 N–H and O–H groups in total. The third kappa shape index (κ3) is 1.50. The maximum atomic E-state index is 11.0. The molecule has 0 aliphatic carbocycles. The van der Waals surface area contributed by atoms with Gasteiger partial charge in [0.2, 0.25) is 5.72 Å². The molecule has 1 fully saturated rings. The maximum Gasteiger partial charge on any atom is 0.203 e. The van der Waals surface area contributed by atoms with E-state index in [-0.39, 0.29) is 12.4 Å². The van der Waals surface area contributed by atoms with Crippen LogP contribution in [-0.2, 0) is 10.5 Å². The van der Waals surface area contributed by atoms with E-state index in [1.165, 1.54) is 17.8 Å². The summed E-state index contributed by atoms with van der Waals surface area (Å²) in [5.41, 5.74) is 2.70. The van der Waals surface area contributed by atoms with Crippen LogP contribution in [0, 0.1) is 0 Å². The van der Waals surface area contributed by atoms with Gasteiger partial charge < -0.3 is 25.8 Å². The fourth-order valence-corrected chi connectivity index (χ4v) is 2.67. The molecule has 3 heterocycles. The fraction of sp³-hybridized carbons (Fsp3) is 0.500. The predicted molar refractivity (Wildman–Crippen MR) is 69.6 cm³/mol. The van der Waals surface area contributed by atoms with Gasteiger partial charge >= 0.3 is 0 Å². The van der Waals surface area contributed by atoms with E-state index in [1.807, 2.05) is 0 Å². The zero-order valence-electron chi connectivity index (χ0n) is 10.9. The van der Waals surface area contributed by atoms with Crippen molar-refractivity contribution in [1.82, 2.24) is 14.5 Å². The van der Waals surface area contributed by atoms with Crippen LogP contribution in [0.2, 0.25) is 0 Å². The first kappa shape index (κ1) is 13.3. The number of hydrogen-bond donors (Lipinski definition) is 4. The number of nitrogens with two attached hydrogens (primary N) is 1. The van der Waals surface area contributed by atoms with Gasteiger partial charge in [0.15, 0.2) is 0 Å². The van der Waals surface area contributed by atoms with Crippen molar-refractivity contribution in [3.63, 3.8) is 0 Å². The first-order valence-corrected chi connectivity index (χ1v) is 6.17. The minimum atomic E-state index is -1.84. The average Bonchev–Trinajstić information content (AvgIpc) is 2.92. The van der Waals surface area contributed by atoms with E-state index in [2.05, 4.69) is 9.97 Å². The van der Waals surface area contributed by atoms with Crippen LogP contribution < -0.4 is 5.73 Å². The van der Waals surface area contributed by atoms with Crippen LogP contribution in [0.3, 0.4) is 0 Å². The molecule has 0 amide bonds. The van der Waals surface area contributed by atoms with Gasteiger partial charge in [0, 0.05) is 6.20 Å². The molecule has 0 aromatic carbocycles. The smallest absolute Gasteiger partial charge is 0.203 e. The third-order valence-electron chi connectivity index (χ3n) is 3.85. The second-order valence-electron chi connectivity index (χ2n) is 5.16. The Labute approximate surface area is 114 Å². The van der Waals surface area contributed by atoms with Crippen LogP contribution in [0.15, 0.2) is 18.6 Å². The summed E-state index contributed by atoms with van der Waals surface area (Å²) in [6.45, 7) is 0.904. The summed E-state index contributed by atoms with van der Waals surface area (Å²) in [7, 11) is 0. The Bertz CT molecular complexity index is 656. The second kappa shape index (κ2) is 4.13. The quantitative estimate of drug-likeness (QED) is 0.544. The molecular weight excluding hydrogens is 264 g/mol. The van der Waals surface area contributed by atoms with Crippen molar-refractivity contribution in [2.75, 3.05) is 18.9 Å². The molecule has 0 radical (unpaired) electrons. The van der Waals surface area contributed by atoms with E-state index in [4.69, 9.17) is 10.5 Å². The summed E-state index contributed by atoms with van der Waals surface area (Å²) in [5.74, 6) is 0.274. The third-order valence-corrected chi connectivity index (χ3v) is 3.85. The van der Waals surface area contributed by atoms with Gasteiger partial charge in [0.25, 0.3) is 0 Å². The van der Waals surface area contributed by atoms with Gasteiger partial charge in [-0.1, -0.05) is 0 Å². The Morgan fingerprint density at radius 2 is 2.25 bits per heavy atom. The number of fused-ring (bicyclic) bond motifs is 1. The molecule has 0 saturated carbocycles. The number of aromatic nitrogens is 3. The minimum absolute atomic E-state index is 0.102. The highest BCUT2D eigenvalue weighted by atomic mass is 16.6. The lowest BCUT2D eigenvalue weighted by Gasteiger charge is -2.37. The molecule has 20 heavy (non-hydrogen) atoms. The lowest BCUT2D eigenvalue weighted by molar-refractivity contribution is -0.186. The average molecular weight is 280 g/mol. The number of rotatable bonds is 2. The first-order valence-electron chi connectivity index (χ1n) is 6.17. The first-order chi connectivity index (χ1) is 9.41. The molecule has 3 rings (SSSR count). The fourth-order valence-electron chi connectivity index (χ4n) is 2.67. The van der Waals surface area contributed by atoms with Crippen LogP contribution in [0.25, 0.3) is 11.0 Å². The molecule has 108 valence electrons. The van der Waals surface area contributed by atoms with Gasteiger partial charge in [0.1, 0.15) is 29.5 Å². The molecule has 0 spiro atoms. The largest absolute Gasteiger partial charge is 0.393 e. The molecule has 8 nitrogen and oxygen atoms in total. The number of hydrogen-bond acceptors (Lipinski definition) is 7. The highest BCUT2D eigenvalue weighted by Crippen LogP contribution is 2.41. The predicted octanol–water partition coefficient (Wildman–Crippen LogP) is -1.20. The highest BCUT2D eigenvalue weighted by molar-refractivity contribution is 5.86. The van der Waals surface area contributed by atoms with Gasteiger partial charge in [-0.15, -0.1) is 0 Å². The van der Waals surface area contributed by atoms with Gasteiger partial charge in [0.05, 0.1) is 18.6 Å². The summed E-state index contributed by atoms with van der Waals surface area (Å²) < 4.78 is 6.66. The van der Waals surface area contributed by atoms with E-state index in [0.717, 1.165) is 0 Å². The van der Waals surface area contributed by atoms with Crippen LogP contribution in [-0.4, -0.2) is 54.8 Å².